The first kappa shape index (κ1) is 9.21. The summed E-state index contributed by atoms with van der Waals surface area (Å²) in [6.45, 7) is 0.684. The Morgan fingerprint density at radius 1 is 1.64 bits per heavy atom. The quantitative estimate of drug-likeness (QED) is 0.765. The molecule has 0 aromatic carbocycles. The molecule has 1 aromatic rings. The second-order valence-electron chi connectivity index (χ2n) is 3.42. The van der Waals surface area contributed by atoms with Crippen molar-refractivity contribution >= 4 is 5.97 Å². The van der Waals surface area contributed by atoms with Crippen LogP contribution in [0.3, 0.4) is 0 Å². The summed E-state index contributed by atoms with van der Waals surface area (Å²) in [4.78, 5) is 14.5. The van der Waals surface area contributed by atoms with Crippen molar-refractivity contribution in [2.24, 2.45) is 0 Å². The van der Waals surface area contributed by atoms with Crippen LogP contribution in [-0.4, -0.2) is 32.8 Å². The number of rotatable bonds is 3. The largest absolute Gasteiger partial charge is 0.479 e. The fraction of sp³-hybridized carbons (Fsp3) is 0.556. The molecule has 2 atom stereocenters. The Balaban J connectivity index is 1.87. The first-order valence-electron chi connectivity index (χ1n) is 4.59. The monoisotopic (exact) mass is 196 g/mol. The number of carboxylic acids is 1. The highest BCUT2D eigenvalue weighted by molar-refractivity contribution is 5.72. The molecule has 1 aliphatic rings. The van der Waals surface area contributed by atoms with Gasteiger partial charge in [0.2, 0.25) is 0 Å². The Kier molecular flexibility index (Phi) is 2.49. The summed E-state index contributed by atoms with van der Waals surface area (Å²) in [7, 11) is 0. The molecular formula is C9H12N2O3. The molecule has 0 amide bonds. The van der Waals surface area contributed by atoms with E-state index in [1.54, 1.807) is 12.5 Å². The smallest absolute Gasteiger partial charge is 0.332 e. The molecule has 5 heteroatoms. The lowest BCUT2D eigenvalue weighted by molar-refractivity contribution is -0.149. The van der Waals surface area contributed by atoms with Gasteiger partial charge in [-0.1, -0.05) is 0 Å². The number of hydrogen-bond acceptors (Lipinski definition) is 3. The number of carboxylic acid groups (broad SMARTS) is 1. The predicted molar refractivity (Wildman–Crippen MR) is 47.8 cm³/mol. The van der Waals surface area contributed by atoms with Crippen LogP contribution in [0, 0.1) is 0 Å². The number of ether oxygens (including phenoxy) is 1. The van der Waals surface area contributed by atoms with Gasteiger partial charge in [0.1, 0.15) is 0 Å². The second-order valence-corrected chi connectivity index (χ2v) is 3.42. The minimum atomic E-state index is -0.863. The van der Waals surface area contributed by atoms with Gasteiger partial charge >= 0.3 is 5.97 Å². The van der Waals surface area contributed by atoms with Gasteiger partial charge in [0.05, 0.1) is 12.4 Å². The van der Waals surface area contributed by atoms with Gasteiger partial charge in [0, 0.05) is 18.9 Å². The molecule has 1 saturated heterocycles. The fourth-order valence-corrected chi connectivity index (χ4v) is 1.65. The molecule has 0 aliphatic carbocycles. The Labute approximate surface area is 81.3 Å². The van der Waals surface area contributed by atoms with Crippen LogP contribution in [-0.2, 0) is 16.1 Å². The maximum absolute atomic E-state index is 10.6. The number of aliphatic carboxylic acids is 1. The van der Waals surface area contributed by atoms with Crippen LogP contribution in [0.1, 0.15) is 12.8 Å². The number of carbonyl (C=O) groups is 1. The molecule has 1 fully saturated rings. The van der Waals surface area contributed by atoms with Crippen molar-refractivity contribution in [1.29, 1.82) is 0 Å². The number of imidazole rings is 1. The van der Waals surface area contributed by atoms with Gasteiger partial charge in [-0.3, -0.25) is 0 Å². The van der Waals surface area contributed by atoms with Gasteiger partial charge in [0.25, 0.3) is 0 Å². The molecule has 1 aliphatic heterocycles. The molecule has 0 bridgehead atoms. The third kappa shape index (κ3) is 1.93. The summed E-state index contributed by atoms with van der Waals surface area (Å²) in [5, 5.41) is 8.71. The van der Waals surface area contributed by atoms with Gasteiger partial charge in [-0.2, -0.15) is 0 Å². The van der Waals surface area contributed by atoms with E-state index in [0.29, 0.717) is 13.0 Å². The zero-order valence-electron chi connectivity index (χ0n) is 7.67. The molecule has 0 spiro atoms. The van der Waals surface area contributed by atoms with E-state index in [9.17, 15) is 4.79 Å². The van der Waals surface area contributed by atoms with Crippen LogP contribution in [0.4, 0.5) is 0 Å². The van der Waals surface area contributed by atoms with Crippen molar-refractivity contribution in [3.63, 3.8) is 0 Å². The first-order chi connectivity index (χ1) is 6.75. The predicted octanol–water partition coefficient (Wildman–Crippen LogP) is 0.515. The van der Waals surface area contributed by atoms with E-state index < -0.39 is 12.1 Å². The normalized spacial score (nSPS) is 26.6. The molecule has 0 radical (unpaired) electrons. The SMILES string of the molecule is O=C(O)[C@@H]1CC[C@H](Cn2ccnc2)O1. The van der Waals surface area contributed by atoms with Crippen LogP contribution < -0.4 is 0 Å². The summed E-state index contributed by atoms with van der Waals surface area (Å²) in [6.07, 6.45) is 6.04. The molecule has 14 heavy (non-hydrogen) atoms. The van der Waals surface area contributed by atoms with Crippen molar-refractivity contribution in [2.45, 2.75) is 31.6 Å². The lowest BCUT2D eigenvalue weighted by Crippen LogP contribution is -2.22. The van der Waals surface area contributed by atoms with Gasteiger partial charge in [-0.25, -0.2) is 9.78 Å². The fourth-order valence-electron chi connectivity index (χ4n) is 1.65. The van der Waals surface area contributed by atoms with Crippen LogP contribution >= 0.6 is 0 Å². The molecule has 0 unspecified atom stereocenters. The van der Waals surface area contributed by atoms with E-state index in [0.717, 1.165) is 6.42 Å². The highest BCUT2D eigenvalue weighted by Crippen LogP contribution is 2.20. The Morgan fingerprint density at radius 2 is 2.50 bits per heavy atom. The average Bonchev–Trinajstić information content (AvgIpc) is 2.75. The zero-order chi connectivity index (χ0) is 9.97. The first-order valence-corrected chi connectivity index (χ1v) is 4.59. The minimum Gasteiger partial charge on any atom is -0.479 e. The number of hydrogen-bond donors (Lipinski definition) is 1. The Morgan fingerprint density at radius 3 is 3.07 bits per heavy atom. The molecular weight excluding hydrogens is 184 g/mol. The Hall–Kier alpha value is -1.36. The third-order valence-electron chi connectivity index (χ3n) is 2.36. The van der Waals surface area contributed by atoms with Crippen LogP contribution in [0.2, 0.25) is 0 Å². The molecule has 0 saturated carbocycles. The minimum absolute atomic E-state index is 0.00491. The van der Waals surface area contributed by atoms with Crippen molar-refractivity contribution in [3.8, 4) is 0 Å². The van der Waals surface area contributed by atoms with Gasteiger partial charge in [0.15, 0.2) is 6.10 Å². The van der Waals surface area contributed by atoms with Gasteiger partial charge in [-0.05, 0) is 12.8 Å². The van der Waals surface area contributed by atoms with E-state index in [1.807, 2.05) is 10.8 Å². The van der Waals surface area contributed by atoms with Crippen molar-refractivity contribution < 1.29 is 14.6 Å². The molecule has 76 valence electrons. The summed E-state index contributed by atoms with van der Waals surface area (Å²) in [6, 6.07) is 0. The van der Waals surface area contributed by atoms with E-state index in [4.69, 9.17) is 9.84 Å². The summed E-state index contributed by atoms with van der Waals surface area (Å²) < 4.78 is 7.25. The van der Waals surface area contributed by atoms with Crippen LogP contribution in [0.15, 0.2) is 18.7 Å². The van der Waals surface area contributed by atoms with E-state index >= 15 is 0 Å². The molecule has 2 heterocycles. The lowest BCUT2D eigenvalue weighted by Gasteiger charge is -2.11. The lowest BCUT2D eigenvalue weighted by atomic mass is 10.2. The van der Waals surface area contributed by atoms with Crippen molar-refractivity contribution in [2.75, 3.05) is 0 Å². The average molecular weight is 196 g/mol. The second kappa shape index (κ2) is 3.79. The van der Waals surface area contributed by atoms with E-state index in [1.165, 1.54) is 0 Å². The van der Waals surface area contributed by atoms with E-state index in [-0.39, 0.29) is 6.10 Å². The van der Waals surface area contributed by atoms with Crippen LogP contribution in [0.25, 0.3) is 0 Å². The van der Waals surface area contributed by atoms with Crippen molar-refractivity contribution in [1.82, 2.24) is 9.55 Å². The Bertz CT molecular complexity index is 310. The maximum atomic E-state index is 10.6. The van der Waals surface area contributed by atoms with Gasteiger partial charge < -0.3 is 14.4 Å². The molecule has 1 N–H and O–H groups in total. The number of nitrogens with zero attached hydrogens (tertiary/aromatic N) is 2. The highest BCUT2D eigenvalue weighted by atomic mass is 16.5. The summed E-state index contributed by atoms with van der Waals surface area (Å²) in [5.74, 6) is -0.863. The third-order valence-corrected chi connectivity index (χ3v) is 2.36. The maximum Gasteiger partial charge on any atom is 0.332 e. The molecule has 5 nitrogen and oxygen atoms in total. The molecule has 2 rings (SSSR count). The van der Waals surface area contributed by atoms with Crippen LogP contribution in [0.5, 0.6) is 0 Å². The van der Waals surface area contributed by atoms with E-state index in [2.05, 4.69) is 4.98 Å². The standard InChI is InChI=1S/C9H12N2O3/c12-9(13)8-2-1-7(14-8)5-11-4-3-10-6-11/h3-4,6-8H,1-2,5H2,(H,12,13)/t7-,8+/m1/s1. The zero-order valence-corrected chi connectivity index (χ0v) is 7.67. The topological polar surface area (TPSA) is 64.3 Å². The summed E-state index contributed by atoms with van der Waals surface area (Å²) in [5.41, 5.74) is 0. The van der Waals surface area contributed by atoms with Gasteiger partial charge in [-0.15, -0.1) is 0 Å². The highest BCUT2D eigenvalue weighted by Gasteiger charge is 2.30. The molecule has 1 aromatic heterocycles. The number of aromatic nitrogens is 2. The van der Waals surface area contributed by atoms with Crippen molar-refractivity contribution in [3.05, 3.63) is 18.7 Å². The summed E-state index contributed by atoms with van der Waals surface area (Å²) >= 11 is 0.